The molecule has 0 aromatic heterocycles. The maximum absolute atomic E-state index is 12.7. The highest BCUT2D eigenvalue weighted by atomic mass is 35.5. The normalized spacial score (nSPS) is 24.8. The Morgan fingerprint density at radius 2 is 1.81 bits per heavy atom. The van der Waals surface area contributed by atoms with E-state index in [4.69, 9.17) is 28.9 Å². The lowest BCUT2D eigenvalue weighted by Crippen LogP contribution is -2.34. The second kappa shape index (κ2) is 5.93. The molecule has 118 valence electrons. The van der Waals surface area contributed by atoms with Gasteiger partial charge in [0.2, 0.25) is 10.0 Å². The predicted molar refractivity (Wildman–Crippen MR) is 84.1 cm³/mol. The Balaban J connectivity index is 2.39. The van der Waals surface area contributed by atoms with E-state index in [0.717, 1.165) is 0 Å². The zero-order chi connectivity index (χ0) is 15.8. The van der Waals surface area contributed by atoms with E-state index >= 15 is 0 Å². The fraction of sp³-hybridized carbons (Fsp3) is 0.538. The number of anilines is 1. The van der Waals surface area contributed by atoms with Crippen LogP contribution in [-0.4, -0.2) is 36.5 Å². The molecule has 0 bridgehead atoms. The first-order valence-corrected chi connectivity index (χ1v) is 8.80. The van der Waals surface area contributed by atoms with Crippen molar-refractivity contribution in [1.82, 2.24) is 4.31 Å². The average Bonchev–Trinajstić information content (AvgIpc) is 2.48. The Kier molecular flexibility index (Phi) is 4.75. The van der Waals surface area contributed by atoms with Gasteiger partial charge in [-0.2, -0.15) is 4.31 Å². The molecule has 0 aliphatic carbocycles. The lowest BCUT2D eigenvalue weighted by molar-refractivity contribution is 0.0465. The van der Waals surface area contributed by atoms with Crippen molar-refractivity contribution in [3.8, 4) is 0 Å². The van der Waals surface area contributed by atoms with Gasteiger partial charge in [-0.1, -0.05) is 23.2 Å². The minimum atomic E-state index is -3.81. The van der Waals surface area contributed by atoms with Gasteiger partial charge in [0, 0.05) is 18.8 Å². The van der Waals surface area contributed by atoms with Crippen molar-refractivity contribution in [3.05, 3.63) is 22.2 Å². The smallest absolute Gasteiger partial charge is 0.246 e. The van der Waals surface area contributed by atoms with Crippen LogP contribution in [0.4, 0.5) is 5.69 Å². The molecule has 1 aromatic carbocycles. The summed E-state index contributed by atoms with van der Waals surface area (Å²) in [6.45, 7) is 2.27. The molecule has 0 spiro atoms. The molecule has 1 fully saturated rings. The van der Waals surface area contributed by atoms with Gasteiger partial charge >= 0.3 is 0 Å². The Bertz CT molecular complexity index is 624. The van der Waals surface area contributed by atoms with Crippen LogP contribution in [0.25, 0.3) is 0 Å². The zero-order valence-corrected chi connectivity index (χ0v) is 14.0. The van der Waals surface area contributed by atoms with Crippen molar-refractivity contribution in [1.29, 1.82) is 0 Å². The minimum absolute atomic E-state index is 0.0102. The second-order valence-electron chi connectivity index (χ2n) is 5.57. The second-order valence-corrected chi connectivity index (χ2v) is 8.26. The molecule has 2 rings (SSSR count). The van der Waals surface area contributed by atoms with E-state index in [-0.39, 0.29) is 21.5 Å². The number of nitrogens with two attached hydrogens (primary N) is 1. The highest BCUT2D eigenvalue weighted by Crippen LogP contribution is 2.35. The average molecular weight is 353 g/mol. The van der Waals surface area contributed by atoms with Crippen LogP contribution in [0.1, 0.15) is 26.2 Å². The van der Waals surface area contributed by atoms with Gasteiger partial charge in [-0.3, -0.25) is 0 Å². The molecule has 1 aliphatic rings. The fourth-order valence-electron chi connectivity index (χ4n) is 2.43. The molecular weight excluding hydrogens is 335 g/mol. The van der Waals surface area contributed by atoms with Crippen molar-refractivity contribution in [2.75, 3.05) is 18.8 Å². The number of aliphatic hydroxyl groups is 1. The summed E-state index contributed by atoms with van der Waals surface area (Å²) in [7, 11) is -3.81. The number of nitrogen functional groups attached to an aromatic ring is 1. The quantitative estimate of drug-likeness (QED) is 0.801. The third kappa shape index (κ3) is 3.63. The Morgan fingerprint density at radius 3 is 2.38 bits per heavy atom. The number of hydrogen-bond acceptors (Lipinski definition) is 4. The summed E-state index contributed by atoms with van der Waals surface area (Å²) in [5, 5.41) is 10.1. The van der Waals surface area contributed by atoms with Gasteiger partial charge in [-0.15, -0.1) is 0 Å². The van der Waals surface area contributed by atoms with Gasteiger partial charge in [-0.25, -0.2) is 8.42 Å². The first-order chi connectivity index (χ1) is 9.63. The van der Waals surface area contributed by atoms with Crippen molar-refractivity contribution in [2.45, 2.75) is 36.7 Å². The van der Waals surface area contributed by atoms with Crippen LogP contribution in [0.2, 0.25) is 10.0 Å². The van der Waals surface area contributed by atoms with Gasteiger partial charge < -0.3 is 10.8 Å². The molecule has 1 saturated heterocycles. The maximum Gasteiger partial charge on any atom is 0.246 e. The summed E-state index contributed by atoms with van der Waals surface area (Å²) >= 11 is 12.0. The summed E-state index contributed by atoms with van der Waals surface area (Å²) in [4.78, 5) is -0.124. The zero-order valence-electron chi connectivity index (χ0n) is 11.6. The Labute approximate surface area is 134 Å². The Hall–Kier alpha value is -0.530. The van der Waals surface area contributed by atoms with E-state index in [2.05, 4.69) is 0 Å². The van der Waals surface area contributed by atoms with Crippen LogP contribution in [0, 0.1) is 0 Å². The van der Waals surface area contributed by atoms with E-state index in [0.29, 0.717) is 31.5 Å². The molecule has 1 unspecified atom stereocenters. The molecule has 21 heavy (non-hydrogen) atoms. The molecule has 3 N–H and O–H groups in total. The Morgan fingerprint density at radius 1 is 1.24 bits per heavy atom. The van der Waals surface area contributed by atoms with Gasteiger partial charge in [0.15, 0.2) is 0 Å². The lowest BCUT2D eigenvalue weighted by Gasteiger charge is -2.23. The van der Waals surface area contributed by atoms with Gasteiger partial charge in [0.05, 0.1) is 15.6 Å². The summed E-state index contributed by atoms with van der Waals surface area (Å²) in [6, 6.07) is 2.74. The molecule has 8 heteroatoms. The highest BCUT2D eigenvalue weighted by Gasteiger charge is 2.33. The number of halogens is 2. The SMILES string of the molecule is CC1(O)CCCN(S(=O)(=O)c2c(Cl)cc(N)cc2Cl)CC1. The number of benzene rings is 1. The minimum Gasteiger partial charge on any atom is -0.399 e. The van der Waals surface area contributed by atoms with Gasteiger partial charge in [0.1, 0.15) is 4.90 Å². The summed E-state index contributed by atoms with van der Waals surface area (Å²) in [6.07, 6.45) is 1.51. The molecular formula is C13H18Cl2N2O3S. The summed E-state index contributed by atoms with van der Waals surface area (Å²) < 4.78 is 26.8. The number of sulfonamides is 1. The predicted octanol–water partition coefficient (Wildman–Crippen LogP) is 2.50. The summed E-state index contributed by atoms with van der Waals surface area (Å²) in [5.74, 6) is 0. The number of hydrogen-bond donors (Lipinski definition) is 2. The number of rotatable bonds is 2. The van der Waals surface area contributed by atoms with Crippen LogP contribution in [0.3, 0.4) is 0 Å². The van der Waals surface area contributed by atoms with Crippen molar-refractivity contribution >= 4 is 38.9 Å². The van der Waals surface area contributed by atoms with Crippen LogP contribution < -0.4 is 5.73 Å². The van der Waals surface area contributed by atoms with Crippen LogP contribution in [0.5, 0.6) is 0 Å². The molecule has 1 aromatic rings. The first kappa shape index (κ1) is 16.8. The molecule has 0 radical (unpaired) electrons. The van der Waals surface area contributed by atoms with Gasteiger partial charge in [-0.05, 0) is 38.3 Å². The maximum atomic E-state index is 12.7. The van der Waals surface area contributed by atoms with Gasteiger partial charge in [0.25, 0.3) is 0 Å². The number of nitrogens with zero attached hydrogens (tertiary/aromatic N) is 1. The van der Waals surface area contributed by atoms with Crippen LogP contribution in [0.15, 0.2) is 17.0 Å². The topological polar surface area (TPSA) is 83.6 Å². The first-order valence-electron chi connectivity index (χ1n) is 6.60. The third-order valence-electron chi connectivity index (χ3n) is 3.64. The monoisotopic (exact) mass is 352 g/mol. The van der Waals surface area contributed by atoms with Crippen molar-refractivity contribution < 1.29 is 13.5 Å². The molecule has 1 atom stereocenters. The standard InChI is InChI=1S/C13H18Cl2N2O3S/c1-13(18)3-2-5-17(6-4-13)21(19,20)12-10(14)7-9(16)8-11(12)15/h7-8,18H,2-6,16H2,1H3. The van der Waals surface area contributed by atoms with Crippen molar-refractivity contribution in [2.24, 2.45) is 0 Å². The van der Waals surface area contributed by atoms with E-state index in [1.54, 1.807) is 6.92 Å². The van der Waals surface area contributed by atoms with Crippen LogP contribution in [-0.2, 0) is 10.0 Å². The summed E-state index contributed by atoms with van der Waals surface area (Å²) in [5.41, 5.74) is 5.06. The molecule has 0 saturated carbocycles. The van der Waals surface area contributed by atoms with E-state index in [1.165, 1.54) is 16.4 Å². The molecule has 5 nitrogen and oxygen atoms in total. The highest BCUT2D eigenvalue weighted by molar-refractivity contribution is 7.89. The fourth-order valence-corrected chi connectivity index (χ4v) is 5.09. The molecule has 0 amide bonds. The van der Waals surface area contributed by atoms with E-state index in [9.17, 15) is 13.5 Å². The van der Waals surface area contributed by atoms with Crippen molar-refractivity contribution in [3.63, 3.8) is 0 Å². The van der Waals surface area contributed by atoms with Crippen LogP contribution >= 0.6 is 23.2 Å². The molecule has 1 aliphatic heterocycles. The van der Waals surface area contributed by atoms with E-state index in [1.807, 2.05) is 0 Å². The van der Waals surface area contributed by atoms with E-state index < -0.39 is 15.6 Å². The lowest BCUT2D eigenvalue weighted by atomic mass is 9.98. The molecule has 1 heterocycles. The third-order valence-corrected chi connectivity index (χ3v) is 6.46. The largest absolute Gasteiger partial charge is 0.399 e.